The van der Waals surface area contributed by atoms with Gasteiger partial charge in [0.2, 0.25) is 0 Å². The first-order valence-electron chi connectivity index (χ1n) is 8.00. The second-order valence-electron chi connectivity index (χ2n) is 5.36. The Hall–Kier alpha value is -2.49. The van der Waals surface area contributed by atoms with Gasteiger partial charge in [0, 0.05) is 6.54 Å². The highest BCUT2D eigenvalue weighted by atomic mass is 16.5. The van der Waals surface area contributed by atoms with Crippen molar-refractivity contribution in [3.63, 3.8) is 0 Å². The van der Waals surface area contributed by atoms with E-state index in [1.807, 2.05) is 56.3 Å². The Morgan fingerprint density at radius 3 is 2.65 bits per heavy atom. The van der Waals surface area contributed by atoms with Crippen LogP contribution in [0.15, 0.2) is 54.6 Å². The van der Waals surface area contributed by atoms with E-state index in [1.54, 1.807) is 0 Å². The van der Waals surface area contributed by atoms with Crippen LogP contribution in [-0.4, -0.2) is 19.2 Å². The smallest absolute Gasteiger partial charge is 0.315 e. The molecular formula is C19H24N2O2. The van der Waals surface area contributed by atoms with Crippen molar-refractivity contribution < 1.29 is 9.53 Å². The Morgan fingerprint density at radius 2 is 1.91 bits per heavy atom. The predicted molar refractivity (Wildman–Crippen MR) is 92.7 cm³/mol. The number of carbonyl (C=O) groups excluding carboxylic acids is 1. The molecular weight excluding hydrogens is 288 g/mol. The van der Waals surface area contributed by atoms with E-state index in [2.05, 4.69) is 22.8 Å². The van der Waals surface area contributed by atoms with Gasteiger partial charge in [-0.1, -0.05) is 42.5 Å². The number of amides is 2. The van der Waals surface area contributed by atoms with Crippen molar-refractivity contribution in [2.24, 2.45) is 0 Å². The zero-order chi connectivity index (χ0) is 16.5. The number of carbonyl (C=O) groups is 1. The van der Waals surface area contributed by atoms with Gasteiger partial charge < -0.3 is 15.4 Å². The molecule has 2 rings (SSSR count). The van der Waals surface area contributed by atoms with Gasteiger partial charge in [0.15, 0.2) is 0 Å². The van der Waals surface area contributed by atoms with Crippen LogP contribution in [0.4, 0.5) is 4.79 Å². The van der Waals surface area contributed by atoms with Gasteiger partial charge in [0.1, 0.15) is 5.75 Å². The summed E-state index contributed by atoms with van der Waals surface area (Å²) in [5, 5.41) is 5.84. The summed E-state index contributed by atoms with van der Waals surface area (Å²) < 4.78 is 5.49. The van der Waals surface area contributed by atoms with Gasteiger partial charge in [-0.2, -0.15) is 0 Å². The third-order valence-corrected chi connectivity index (χ3v) is 3.56. The lowest BCUT2D eigenvalue weighted by molar-refractivity contribution is 0.238. The molecule has 0 bridgehead atoms. The van der Waals surface area contributed by atoms with E-state index in [0.717, 1.165) is 17.7 Å². The van der Waals surface area contributed by atoms with E-state index in [-0.39, 0.29) is 12.1 Å². The highest BCUT2D eigenvalue weighted by molar-refractivity contribution is 5.74. The average molecular weight is 312 g/mol. The summed E-state index contributed by atoms with van der Waals surface area (Å²) in [6.45, 7) is 5.16. The minimum atomic E-state index is -0.157. The standard InChI is InChI=1S/C19H24N2O2/c1-3-23-18-11-7-10-17(14-18)15(2)21-19(22)20-13-12-16-8-5-4-6-9-16/h4-11,14-15H,3,12-13H2,1-2H3,(H2,20,21,22). The summed E-state index contributed by atoms with van der Waals surface area (Å²) in [4.78, 5) is 12.0. The predicted octanol–water partition coefficient (Wildman–Crippen LogP) is 3.69. The molecule has 4 heteroatoms. The molecule has 2 N–H and O–H groups in total. The van der Waals surface area contributed by atoms with Crippen LogP contribution in [0.2, 0.25) is 0 Å². The maximum atomic E-state index is 12.0. The monoisotopic (exact) mass is 312 g/mol. The molecule has 4 nitrogen and oxygen atoms in total. The van der Waals surface area contributed by atoms with Crippen LogP contribution in [0, 0.1) is 0 Å². The number of hydrogen-bond donors (Lipinski definition) is 2. The zero-order valence-electron chi connectivity index (χ0n) is 13.7. The lowest BCUT2D eigenvalue weighted by Crippen LogP contribution is -2.38. The van der Waals surface area contributed by atoms with Gasteiger partial charge in [0.25, 0.3) is 0 Å². The quantitative estimate of drug-likeness (QED) is 0.819. The second-order valence-corrected chi connectivity index (χ2v) is 5.36. The van der Waals surface area contributed by atoms with Crippen molar-refractivity contribution in [2.75, 3.05) is 13.2 Å². The van der Waals surface area contributed by atoms with Gasteiger partial charge in [-0.15, -0.1) is 0 Å². The fraction of sp³-hybridized carbons (Fsp3) is 0.316. The number of rotatable bonds is 7. The van der Waals surface area contributed by atoms with Crippen LogP contribution >= 0.6 is 0 Å². The topological polar surface area (TPSA) is 50.4 Å². The molecule has 0 aliphatic heterocycles. The van der Waals surface area contributed by atoms with E-state index in [1.165, 1.54) is 5.56 Å². The normalized spacial score (nSPS) is 11.6. The van der Waals surface area contributed by atoms with Crippen molar-refractivity contribution in [2.45, 2.75) is 26.3 Å². The molecule has 0 aromatic heterocycles. The molecule has 122 valence electrons. The Balaban J connectivity index is 1.79. The molecule has 0 fully saturated rings. The summed E-state index contributed by atoms with van der Waals surface area (Å²) in [5.74, 6) is 0.822. The highest BCUT2D eigenvalue weighted by Gasteiger charge is 2.09. The maximum Gasteiger partial charge on any atom is 0.315 e. The molecule has 0 heterocycles. The number of nitrogens with one attached hydrogen (secondary N) is 2. The summed E-state index contributed by atoms with van der Waals surface area (Å²) in [5.41, 5.74) is 2.24. The van der Waals surface area contributed by atoms with Gasteiger partial charge in [-0.25, -0.2) is 4.79 Å². The van der Waals surface area contributed by atoms with Crippen LogP contribution in [0.25, 0.3) is 0 Å². The third kappa shape index (κ3) is 5.66. The minimum Gasteiger partial charge on any atom is -0.494 e. The molecule has 1 unspecified atom stereocenters. The van der Waals surface area contributed by atoms with Crippen molar-refractivity contribution in [1.82, 2.24) is 10.6 Å². The lowest BCUT2D eigenvalue weighted by atomic mass is 10.1. The van der Waals surface area contributed by atoms with Crippen molar-refractivity contribution in [1.29, 1.82) is 0 Å². The van der Waals surface area contributed by atoms with Crippen LogP contribution < -0.4 is 15.4 Å². The molecule has 1 atom stereocenters. The van der Waals surface area contributed by atoms with Crippen LogP contribution in [0.1, 0.15) is 31.0 Å². The summed E-state index contributed by atoms with van der Waals surface area (Å²) in [6.07, 6.45) is 0.822. The number of hydrogen-bond acceptors (Lipinski definition) is 2. The summed E-state index contributed by atoms with van der Waals surface area (Å²) in [6, 6.07) is 17.7. The van der Waals surface area contributed by atoms with Crippen LogP contribution in [0.5, 0.6) is 5.75 Å². The van der Waals surface area contributed by atoms with Crippen LogP contribution in [0.3, 0.4) is 0 Å². The van der Waals surface area contributed by atoms with Gasteiger partial charge in [0.05, 0.1) is 12.6 Å². The van der Waals surface area contributed by atoms with E-state index in [9.17, 15) is 4.79 Å². The molecule has 23 heavy (non-hydrogen) atoms. The Bertz CT molecular complexity index is 614. The first-order valence-corrected chi connectivity index (χ1v) is 8.00. The minimum absolute atomic E-state index is 0.0767. The van der Waals surface area contributed by atoms with Crippen molar-refractivity contribution >= 4 is 6.03 Å². The maximum absolute atomic E-state index is 12.0. The first-order chi connectivity index (χ1) is 11.2. The molecule has 2 aromatic carbocycles. The number of ether oxygens (including phenoxy) is 1. The number of urea groups is 1. The van der Waals surface area contributed by atoms with E-state index in [0.29, 0.717) is 13.2 Å². The first kappa shape index (κ1) is 16.9. The highest BCUT2D eigenvalue weighted by Crippen LogP contribution is 2.18. The van der Waals surface area contributed by atoms with Crippen molar-refractivity contribution in [3.8, 4) is 5.75 Å². The van der Waals surface area contributed by atoms with Crippen molar-refractivity contribution in [3.05, 3.63) is 65.7 Å². The molecule has 0 saturated carbocycles. The fourth-order valence-electron chi connectivity index (χ4n) is 2.34. The fourth-order valence-corrected chi connectivity index (χ4v) is 2.34. The van der Waals surface area contributed by atoms with Crippen LogP contribution in [-0.2, 0) is 6.42 Å². The van der Waals surface area contributed by atoms with Gasteiger partial charge in [-0.3, -0.25) is 0 Å². The molecule has 2 amide bonds. The molecule has 0 saturated heterocycles. The third-order valence-electron chi connectivity index (χ3n) is 3.56. The largest absolute Gasteiger partial charge is 0.494 e. The Labute approximate surface area is 137 Å². The number of benzene rings is 2. The van der Waals surface area contributed by atoms with E-state index in [4.69, 9.17) is 4.74 Å². The zero-order valence-corrected chi connectivity index (χ0v) is 13.7. The molecule has 0 aliphatic rings. The Kier molecular flexibility index (Phi) is 6.48. The lowest BCUT2D eigenvalue weighted by Gasteiger charge is -2.16. The van der Waals surface area contributed by atoms with E-state index >= 15 is 0 Å². The SMILES string of the molecule is CCOc1cccc(C(C)NC(=O)NCCc2ccccc2)c1. The Morgan fingerprint density at radius 1 is 1.13 bits per heavy atom. The summed E-state index contributed by atoms with van der Waals surface area (Å²) in [7, 11) is 0. The van der Waals surface area contributed by atoms with Gasteiger partial charge in [-0.05, 0) is 43.5 Å². The summed E-state index contributed by atoms with van der Waals surface area (Å²) >= 11 is 0. The molecule has 2 aromatic rings. The molecule has 0 aliphatic carbocycles. The molecule has 0 spiro atoms. The average Bonchev–Trinajstić information content (AvgIpc) is 2.56. The second kappa shape index (κ2) is 8.83. The molecule has 0 radical (unpaired) electrons. The van der Waals surface area contributed by atoms with E-state index < -0.39 is 0 Å². The van der Waals surface area contributed by atoms with Gasteiger partial charge >= 0.3 is 6.03 Å².